The highest BCUT2D eigenvalue weighted by molar-refractivity contribution is 7.18. The van der Waals surface area contributed by atoms with Gasteiger partial charge >= 0.3 is 5.97 Å². The molecule has 3 aromatic heterocycles. The summed E-state index contributed by atoms with van der Waals surface area (Å²) >= 11 is 2.12. The van der Waals surface area contributed by atoms with Gasteiger partial charge in [0.2, 0.25) is 0 Å². The van der Waals surface area contributed by atoms with Crippen LogP contribution in [0.5, 0.6) is 0 Å². The van der Waals surface area contributed by atoms with Crippen molar-refractivity contribution in [3.05, 3.63) is 58.2 Å². The Morgan fingerprint density at radius 2 is 1.93 bits per heavy atom. The molecule has 29 heavy (non-hydrogen) atoms. The van der Waals surface area contributed by atoms with E-state index < -0.39 is 29.8 Å². The average molecular weight is 433 g/mol. The topological polar surface area (TPSA) is 141 Å². The summed E-state index contributed by atoms with van der Waals surface area (Å²) in [6.07, 6.45) is 0.259. The number of amides is 3. The van der Waals surface area contributed by atoms with Crippen LogP contribution in [0.4, 0.5) is 10.0 Å². The van der Waals surface area contributed by atoms with Crippen LogP contribution in [0.15, 0.2) is 46.4 Å². The highest BCUT2D eigenvalue weighted by Gasteiger charge is 2.22. The Bertz CT molecular complexity index is 1050. The number of carbonyl (C=O) groups excluding carboxylic acids is 4. The first-order valence-electron chi connectivity index (χ1n) is 8.19. The van der Waals surface area contributed by atoms with Crippen LogP contribution >= 0.6 is 22.7 Å². The van der Waals surface area contributed by atoms with Crippen LogP contribution in [-0.4, -0.2) is 29.8 Å². The minimum atomic E-state index is -1.12. The van der Waals surface area contributed by atoms with E-state index in [0.29, 0.717) is 5.00 Å². The molecule has 0 radical (unpaired) electrons. The van der Waals surface area contributed by atoms with Gasteiger partial charge in [0.05, 0.1) is 16.8 Å². The van der Waals surface area contributed by atoms with Gasteiger partial charge in [-0.15, -0.1) is 22.7 Å². The first-order valence-corrected chi connectivity index (χ1v) is 9.88. The zero-order valence-electron chi connectivity index (χ0n) is 15.0. The Hall–Kier alpha value is -3.44. The summed E-state index contributed by atoms with van der Waals surface area (Å²) in [6.45, 7) is 1.40. The van der Waals surface area contributed by atoms with Crippen LogP contribution in [0.1, 0.15) is 37.5 Å². The molecule has 0 fully saturated rings. The Morgan fingerprint density at radius 1 is 1.14 bits per heavy atom. The van der Waals surface area contributed by atoms with Crippen LogP contribution in [0.2, 0.25) is 0 Å². The summed E-state index contributed by atoms with van der Waals surface area (Å²) in [5.74, 6) is -2.32. The number of hydrogen-bond acceptors (Lipinski definition) is 8. The Kier molecular flexibility index (Phi) is 6.10. The third-order valence-corrected chi connectivity index (χ3v) is 5.42. The number of esters is 1. The maximum absolute atomic E-state index is 12.3. The zero-order valence-corrected chi connectivity index (χ0v) is 16.6. The van der Waals surface area contributed by atoms with Gasteiger partial charge in [-0.3, -0.25) is 14.4 Å². The second-order valence-corrected chi connectivity index (χ2v) is 7.66. The molecule has 0 bridgehead atoms. The van der Waals surface area contributed by atoms with Gasteiger partial charge in [-0.25, -0.2) is 4.79 Å². The van der Waals surface area contributed by atoms with Crippen LogP contribution in [-0.2, 0) is 9.53 Å². The van der Waals surface area contributed by atoms with Crippen LogP contribution < -0.4 is 16.4 Å². The number of furan rings is 1. The summed E-state index contributed by atoms with van der Waals surface area (Å²) in [5, 5.41) is 7.42. The van der Waals surface area contributed by atoms with Crippen molar-refractivity contribution in [3.63, 3.8) is 0 Å². The lowest BCUT2D eigenvalue weighted by molar-refractivity contribution is -0.123. The summed E-state index contributed by atoms with van der Waals surface area (Å²) < 4.78 is 10.1. The number of nitrogens with two attached hydrogens (primary N) is 1. The van der Waals surface area contributed by atoms with Gasteiger partial charge in [0.25, 0.3) is 17.7 Å². The van der Waals surface area contributed by atoms with Gasteiger partial charge in [0.1, 0.15) is 9.88 Å². The quantitative estimate of drug-likeness (QED) is 0.489. The first kappa shape index (κ1) is 20.3. The summed E-state index contributed by atoms with van der Waals surface area (Å²) in [5.41, 5.74) is 5.41. The predicted octanol–water partition coefficient (Wildman–Crippen LogP) is 2.94. The zero-order chi connectivity index (χ0) is 21.0. The van der Waals surface area contributed by atoms with Crippen molar-refractivity contribution in [1.82, 2.24) is 0 Å². The van der Waals surface area contributed by atoms with Crippen molar-refractivity contribution >= 4 is 56.4 Å². The monoisotopic (exact) mass is 433 g/mol. The molecule has 9 nitrogen and oxygen atoms in total. The SMILES string of the molecule is CC(OC(=O)c1ccc(NC(=O)c2ccco2)s1)C(=O)Nc1sccc1C(N)=O. The lowest BCUT2D eigenvalue weighted by Crippen LogP contribution is -2.30. The lowest BCUT2D eigenvalue weighted by Gasteiger charge is -2.12. The lowest BCUT2D eigenvalue weighted by atomic mass is 10.3. The Labute approximate surface area is 172 Å². The molecule has 11 heteroatoms. The van der Waals surface area contributed by atoms with E-state index in [9.17, 15) is 19.2 Å². The molecule has 0 aromatic carbocycles. The van der Waals surface area contributed by atoms with E-state index in [1.165, 1.54) is 37.5 Å². The number of rotatable bonds is 7. The second kappa shape index (κ2) is 8.71. The molecule has 0 spiro atoms. The number of carbonyl (C=O) groups is 4. The summed E-state index contributed by atoms with van der Waals surface area (Å²) in [6, 6.07) is 7.59. The predicted molar refractivity (Wildman–Crippen MR) is 107 cm³/mol. The molecule has 1 unspecified atom stereocenters. The molecule has 150 valence electrons. The molecular weight excluding hydrogens is 418 g/mol. The molecule has 0 saturated carbocycles. The van der Waals surface area contributed by atoms with E-state index in [1.54, 1.807) is 11.4 Å². The van der Waals surface area contributed by atoms with Crippen LogP contribution in [0, 0.1) is 0 Å². The van der Waals surface area contributed by atoms with Crippen molar-refractivity contribution in [2.45, 2.75) is 13.0 Å². The maximum Gasteiger partial charge on any atom is 0.349 e. The minimum Gasteiger partial charge on any atom is -0.459 e. The van der Waals surface area contributed by atoms with Crippen LogP contribution in [0.3, 0.4) is 0 Å². The summed E-state index contributed by atoms with van der Waals surface area (Å²) in [7, 11) is 0. The molecule has 0 aliphatic heterocycles. The number of anilines is 2. The van der Waals surface area contributed by atoms with E-state index in [1.807, 2.05) is 0 Å². The fourth-order valence-electron chi connectivity index (χ4n) is 2.18. The molecule has 3 amide bonds. The fraction of sp³-hybridized carbons (Fsp3) is 0.111. The number of thiophene rings is 2. The van der Waals surface area contributed by atoms with Crippen molar-refractivity contribution < 1.29 is 28.3 Å². The number of primary amides is 1. The van der Waals surface area contributed by atoms with E-state index in [2.05, 4.69) is 10.6 Å². The van der Waals surface area contributed by atoms with Gasteiger partial charge in [-0.05, 0) is 42.6 Å². The third kappa shape index (κ3) is 4.89. The van der Waals surface area contributed by atoms with E-state index in [4.69, 9.17) is 14.9 Å². The van der Waals surface area contributed by atoms with Gasteiger partial charge in [0, 0.05) is 0 Å². The number of nitrogens with one attached hydrogen (secondary N) is 2. The third-order valence-electron chi connectivity index (χ3n) is 3.61. The second-order valence-electron chi connectivity index (χ2n) is 5.66. The summed E-state index contributed by atoms with van der Waals surface area (Å²) in [4.78, 5) is 48.0. The largest absolute Gasteiger partial charge is 0.459 e. The smallest absolute Gasteiger partial charge is 0.349 e. The molecule has 3 heterocycles. The van der Waals surface area contributed by atoms with Crippen molar-refractivity contribution in [2.75, 3.05) is 10.6 Å². The standard InChI is InChI=1S/C18H15N3O6S2/c1-9(15(23)21-17-10(14(19)22)6-8-28-17)27-18(25)12-4-5-13(29-12)20-16(24)11-3-2-7-26-11/h2-9H,1H3,(H2,19,22)(H,20,24)(H,21,23). The molecule has 0 saturated heterocycles. The highest BCUT2D eigenvalue weighted by atomic mass is 32.1. The molecule has 0 aliphatic rings. The average Bonchev–Trinajstić information content (AvgIpc) is 3.42. The van der Waals surface area contributed by atoms with Crippen molar-refractivity contribution in [2.24, 2.45) is 5.73 Å². The van der Waals surface area contributed by atoms with Gasteiger partial charge in [-0.2, -0.15) is 0 Å². The molecule has 3 aromatic rings. The molecule has 1 atom stereocenters. The molecular formula is C18H15N3O6S2. The van der Waals surface area contributed by atoms with E-state index in [0.717, 1.165) is 22.7 Å². The Balaban J connectivity index is 1.57. The van der Waals surface area contributed by atoms with E-state index >= 15 is 0 Å². The highest BCUT2D eigenvalue weighted by Crippen LogP contribution is 2.25. The van der Waals surface area contributed by atoms with Crippen molar-refractivity contribution in [3.8, 4) is 0 Å². The number of ether oxygens (including phenoxy) is 1. The Morgan fingerprint density at radius 3 is 2.62 bits per heavy atom. The first-order chi connectivity index (χ1) is 13.8. The van der Waals surface area contributed by atoms with Gasteiger partial charge < -0.3 is 25.5 Å². The van der Waals surface area contributed by atoms with Gasteiger partial charge in [0.15, 0.2) is 11.9 Å². The maximum atomic E-state index is 12.3. The van der Waals surface area contributed by atoms with Crippen molar-refractivity contribution in [1.29, 1.82) is 0 Å². The fourth-order valence-corrected chi connectivity index (χ4v) is 3.76. The molecule has 0 aliphatic carbocycles. The number of hydrogen-bond donors (Lipinski definition) is 3. The van der Waals surface area contributed by atoms with E-state index in [-0.39, 0.29) is 21.2 Å². The van der Waals surface area contributed by atoms with Crippen LogP contribution in [0.25, 0.3) is 0 Å². The normalized spacial score (nSPS) is 11.5. The minimum absolute atomic E-state index is 0.136. The van der Waals surface area contributed by atoms with Gasteiger partial charge in [-0.1, -0.05) is 0 Å². The molecule has 3 rings (SSSR count). The molecule has 4 N–H and O–H groups in total.